The lowest BCUT2D eigenvalue weighted by Gasteiger charge is -2.35. The third kappa shape index (κ3) is 3.72. The molecule has 0 spiro atoms. The highest BCUT2D eigenvalue weighted by Gasteiger charge is 2.34. The molecule has 1 aromatic rings. The van der Waals surface area contributed by atoms with Crippen molar-refractivity contribution in [2.75, 3.05) is 13.1 Å². The van der Waals surface area contributed by atoms with Gasteiger partial charge in [-0.3, -0.25) is 4.99 Å². The summed E-state index contributed by atoms with van der Waals surface area (Å²) in [5.41, 5.74) is 6.17. The van der Waals surface area contributed by atoms with E-state index in [9.17, 15) is 0 Å². The quantitative estimate of drug-likeness (QED) is 0.642. The Labute approximate surface area is 120 Å². The number of thiophene rings is 1. The Kier molecular flexibility index (Phi) is 5.25. The second kappa shape index (κ2) is 6.94. The normalized spacial score (nSPS) is 19.3. The highest BCUT2D eigenvalue weighted by atomic mass is 32.1. The highest BCUT2D eigenvalue weighted by Crippen LogP contribution is 2.41. The number of nitrogens with one attached hydrogen (secondary N) is 1. The van der Waals surface area contributed by atoms with Crippen LogP contribution < -0.4 is 11.1 Å². The van der Waals surface area contributed by atoms with Gasteiger partial charge in [0.15, 0.2) is 5.96 Å². The van der Waals surface area contributed by atoms with Crippen molar-refractivity contribution in [2.45, 2.75) is 50.9 Å². The SMILES string of the molecule is CCCNC(N)=NCC1(c2cccs2)CCCCC1. The Morgan fingerprint density at radius 3 is 2.84 bits per heavy atom. The molecular formula is C15H25N3S. The van der Waals surface area contributed by atoms with Crippen LogP contribution in [-0.4, -0.2) is 19.0 Å². The molecule has 1 aliphatic carbocycles. The van der Waals surface area contributed by atoms with Gasteiger partial charge >= 0.3 is 0 Å². The molecule has 3 N–H and O–H groups in total. The summed E-state index contributed by atoms with van der Waals surface area (Å²) in [4.78, 5) is 6.09. The average molecular weight is 279 g/mol. The standard InChI is InChI=1S/C15H25N3S/c1-2-10-17-14(16)18-12-15(8-4-3-5-9-15)13-7-6-11-19-13/h6-7,11H,2-5,8-10,12H2,1H3,(H3,16,17,18). The van der Waals surface area contributed by atoms with Crippen LogP contribution in [-0.2, 0) is 5.41 Å². The smallest absolute Gasteiger partial charge is 0.188 e. The number of rotatable bonds is 5. The minimum atomic E-state index is 0.241. The molecule has 106 valence electrons. The van der Waals surface area contributed by atoms with Gasteiger partial charge in [0.05, 0.1) is 6.54 Å². The van der Waals surface area contributed by atoms with E-state index in [1.54, 1.807) is 0 Å². The van der Waals surface area contributed by atoms with Crippen LogP contribution in [0.15, 0.2) is 22.5 Å². The summed E-state index contributed by atoms with van der Waals surface area (Å²) in [6, 6.07) is 4.42. The molecule has 1 fully saturated rings. The van der Waals surface area contributed by atoms with Gasteiger partial charge in [0.2, 0.25) is 0 Å². The topological polar surface area (TPSA) is 50.4 Å². The van der Waals surface area contributed by atoms with Gasteiger partial charge in [-0.25, -0.2) is 0 Å². The molecule has 0 unspecified atom stereocenters. The van der Waals surface area contributed by atoms with Crippen molar-refractivity contribution < 1.29 is 0 Å². The van der Waals surface area contributed by atoms with Gasteiger partial charge in [-0.1, -0.05) is 32.3 Å². The molecule has 0 atom stereocenters. The van der Waals surface area contributed by atoms with Crippen molar-refractivity contribution in [1.82, 2.24) is 5.32 Å². The van der Waals surface area contributed by atoms with Crippen molar-refractivity contribution in [2.24, 2.45) is 10.7 Å². The van der Waals surface area contributed by atoms with Crippen LogP contribution in [0.4, 0.5) is 0 Å². The molecule has 3 nitrogen and oxygen atoms in total. The zero-order valence-electron chi connectivity index (χ0n) is 11.8. The lowest BCUT2D eigenvalue weighted by atomic mass is 9.73. The summed E-state index contributed by atoms with van der Waals surface area (Å²) < 4.78 is 0. The Bertz CT molecular complexity index is 392. The van der Waals surface area contributed by atoms with Gasteiger partial charge in [0.25, 0.3) is 0 Å². The van der Waals surface area contributed by atoms with E-state index in [1.165, 1.54) is 37.0 Å². The number of hydrogen-bond acceptors (Lipinski definition) is 2. The molecule has 19 heavy (non-hydrogen) atoms. The molecule has 0 aromatic carbocycles. The van der Waals surface area contributed by atoms with Crippen LogP contribution in [0.5, 0.6) is 0 Å². The molecule has 1 saturated carbocycles. The molecular weight excluding hydrogens is 254 g/mol. The lowest BCUT2D eigenvalue weighted by molar-refractivity contribution is 0.306. The summed E-state index contributed by atoms with van der Waals surface area (Å²) in [5.74, 6) is 0.600. The fraction of sp³-hybridized carbons (Fsp3) is 0.667. The first-order valence-electron chi connectivity index (χ1n) is 7.34. The van der Waals surface area contributed by atoms with E-state index in [0.717, 1.165) is 19.5 Å². The molecule has 1 heterocycles. The number of nitrogens with zero attached hydrogens (tertiary/aromatic N) is 1. The summed E-state index contributed by atoms with van der Waals surface area (Å²) in [6.45, 7) is 3.87. The predicted molar refractivity (Wildman–Crippen MR) is 83.9 cm³/mol. The van der Waals surface area contributed by atoms with Crippen molar-refractivity contribution in [3.05, 3.63) is 22.4 Å². The average Bonchev–Trinajstić information content (AvgIpc) is 2.98. The number of nitrogens with two attached hydrogens (primary N) is 1. The third-order valence-electron chi connectivity index (χ3n) is 3.96. The highest BCUT2D eigenvalue weighted by molar-refractivity contribution is 7.10. The molecule has 0 aliphatic heterocycles. The van der Waals surface area contributed by atoms with Crippen LogP contribution >= 0.6 is 11.3 Å². The molecule has 0 amide bonds. The fourth-order valence-corrected chi connectivity index (χ4v) is 3.82. The van der Waals surface area contributed by atoms with Gasteiger partial charge in [-0.15, -0.1) is 11.3 Å². The molecule has 1 aliphatic rings. The first-order chi connectivity index (χ1) is 9.27. The number of guanidine groups is 1. The van der Waals surface area contributed by atoms with Crippen molar-refractivity contribution in [3.8, 4) is 0 Å². The van der Waals surface area contributed by atoms with Crippen LogP contribution in [0, 0.1) is 0 Å². The zero-order chi connectivity index (χ0) is 13.6. The van der Waals surface area contributed by atoms with Crippen LogP contribution in [0.2, 0.25) is 0 Å². The van der Waals surface area contributed by atoms with Crippen LogP contribution in [0.3, 0.4) is 0 Å². The van der Waals surface area contributed by atoms with Gasteiger partial charge in [-0.2, -0.15) is 0 Å². The van der Waals surface area contributed by atoms with E-state index in [-0.39, 0.29) is 5.41 Å². The Balaban J connectivity index is 2.06. The van der Waals surface area contributed by atoms with Gasteiger partial charge in [-0.05, 0) is 30.7 Å². The predicted octanol–water partition coefficient (Wildman–Crippen LogP) is 3.26. The summed E-state index contributed by atoms with van der Waals surface area (Å²) in [5, 5.41) is 5.34. The number of hydrogen-bond donors (Lipinski definition) is 2. The largest absolute Gasteiger partial charge is 0.370 e. The van der Waals surface area contributed by atoms with Gasteiger partial charge in [0, 0.05) is 16.8 Å². The summed E-state index contributed by atoms with van der Waals surface area (Å²) in [6.07, 6.45) is 7.56. The van der Waals surface area contributed by atoms with E-state index in [2.05, 4.69) is 34.7 Å². The second-order valence-electron chi connectivity index (χ2n) is 5.45. The van der Waals surface area contributed by atoms with Crippen LogP contribution in [0.25, 0.3) is 0 Å². The van der Waals surface area contributed by atoms with E-state index in [0.29, 0.717) is 5.96 Å². The lowest BCUT2D eigenvalue weighted by Crippen LogP contribution is -2.36. The third-order valence-corrected chi connectivity index (χ3v) is 5.08. The Morgan fingerprint density at radius 1 is 1.42 bits per heavy atom. The minimum absolute atomic E-state index is 0.241. The van der Waals surface area contributed by atoms with Gasteiger partial charge < -0.3 is 11.1 Å². The maximum absolute atomic E-state index is 5.93. The molecule has 1 aromatic heterocycles. The minimum Gasteiger partial charge on any atom is -0.370 e. The molecule has 0 radical (unpaired) electrons. The second-order valence-corrected chi connectivity index (χ2v) is 6.39. The maximum Gasteiger partial charge on any atom is 0.188 e. The van der Waals surface area contributed by atoms with Crippen molar-refractivity contribution in [1.29, 1.82) is 0 Å². The van der Waals surface area contributed by atoms with Crippen molar-refractivity contribution in [3.63, 3.8) is 0 Å². The first-order valence-corrected chi connectivity index (χ1v) is 8.22. The van der Waals surface area contributed by atoms with Crippen LogP contribution in [0.1, 0.15) is 50.3 Å². The maximum atomic E-state index is 5.93. The van der Waals surface area contributed by atoms with E-state index in [4.69, 9.17) is 5.73 Å². The molecule has 2 rings (SSSR count). The van der Waals surface area contributed by atoms with Crippen molar-refractivity contribution >= 4 is 17.3 Å². The van der Waals surface area contributed by atoms with E-state index < -0.39 is 0 Å². The first kappa shape index (κ1) is 14.4. The number of aliphatic imine (C=N–C) groups is 1. The summed E-state index contributed by atoms with van der Waals surface area (Å²) in [7, 11) is 0. The molecule has 0 bridgehead atoms. The summed E-state index contributed by atoms with van der Waals surface area (Å²) >= 11 is 1.87. The van der Waals surface area contributed by atoms with Gasteiger partial charge in [0.1, 0.15) is 0 Å². The van der Waals surface area contributed by atoms with E-state index in [1.807, 2.05) is 11.3 Å². The zero-order valence-corrected chi connectivity index (χ0v) is 12.6. The molecule has 0 saturated heterocycles. The Hall–Kier alpha value is -1.03. The van der Waals surface area contributed by atoms with E-state index >= 15 is 0 Å². The Morgan fingerprint density at radius 2 is 2.21 bits per heavy atom. The molecule has 4 heteroatoms. The monoisotopic (exact) mass is 279 g/mol. The fourth-order valence-electron chi connectivity index (χ4n) is 2.84.